The van der Waals surface area contributed by atoms with E-state index in [1.54, 1.807) is 32.9 Å². The van der Waals surface area contributed by atoms with Gasteiger partial charge in [0, 0.05) is 29.2 Å². The van der Waals surface area contributed by atoms with Gasteiger partial charge in [0.1, 0.15) is 12.1 Å². The maximum absolute atomic E-state index is 12.9. The number of carbonyl (C=O) groups is 3. The summed E-state index contributed by atoms with van der Waals surface area (Å²) < 4.78 is 7.26. The Balaban J connectivity index is 1.64. The van der Waals surface area contributed by atoms with E-state index < -0.39 is 29.3 Å². The van der Waals surface area contributed by atoms with Crippen molar-refractivity contribution in [3.8, 4) is 6.07 Å². The molecule has 8 heteroatoms. The van der Waals surface area contributed by atoms with Gasteiger partial charge >= 0.3 is 5.97 Å². The fourth-order valence-electron chi connectivity index (χ4n) is 3.75. The zero-order chi connectivity index (χ0) is 24.5. The fourth-order valence-corrected chi connectivity index (χ4v) is 4.58. The van der Waals surface area contributed by atoms with Crippen molar-refractivity contribution in [3.05, 3.63) is 76.3 Å². The summed E-state index contributed by atoms with van der Waals surface area (Å²) in [7, 11) is 0. The summed E-state index contributed by atoms with van der Waals surface area (Å²) in [4.78, 5) is 38.7. The van der Waals surface area contributed by atoms with Crippen LogP contribution in [0.15, 0.2) is 59.6 Å². The SMILES string of the molecule is CC(C)(C)OC(=O)CN1C(=O)SC(=Cc2cn(Cc3ccccc3C#N)c3ccccc23)C1=O. The summed E-state index contributed by atoms with van der Waals surface area (Å²) >= 11 is 0.803. The van der Waals surface area contributed by atoms with E-state index in [4.69, 9.17) is 4.74 Å². The van der Waals surface area contributed by atoms with Gasteiger partial charge in [-0.25, -0.2) is 0 Å². The third kappa shape index (κ3) is 4.90. The van der Waals surface area contributed by atoms with Crippen molar-refractivity contribution in [2.24, 2.45) is 0 Å². The van der Waals surface area contributed by atoms with Crippen LogP contribution >= 0.6 is 11.8 Å². The number of thioether (sulfide) groups is 1. The number of ether oxygens (including phenoxy) is 1. The number of fused-ring (bicyclic) bond motifs is 1. The van der Waals surface area contributed by atoms with Crippen LogP contribution in [0.3, 0.4) is 0 Å². The number of para-hydroxylation sites is 1. The molecule has 0 unspecified atom stereocenters. The highest BCUT2D eigenvalue weighted by molar-refractivity contribution is 8.18. The van der Waals surface area contributed by atoms with Crippen LogP contribution in [0.1, 0.15) is 37.5 Å². The van der Waals surface area contributed by atoms with Crippen LogP contribution in [0.4, 0.5) is 4.79 Å². The first kappa shape index (κ1) is 23.3. The lowest BCUT2D eigenvalue weighted by atomic mass is 10.1. The molecule has 1 aromatic heterocycles. The van der Waals surface area contributed by atoms with E-state index in [9.17, 15) is 19.6 Å². The lowest BCUT2D eigenvalue weighted by Crippen LogP contribution is -2.37. The Morgan fingerprint density at radius 1 is 1.12 bits per heavy atom. The zero-order valence-electron chi connectivity index (χ0n) is 19.1. The van der Waals surface area contributed by atoms with Crippen LogP contribution in [0.5, 0.6) is 0 Å². The number of amides is 2. The molecule has 0 radical (unpaired) electrons. The predicted octanol–water partition coefficient (Wildman–Crippen LogP) is 4.94. The number of aromatic nitrogens is 1. The molecule has 0 spiro atoms. The molecule has 2 heterocycles. The van der Waals surface area contributed by atoms with Crippen molar-refractivity contribution >= 4 is 45.9 Å². The summed E-state index contributed by atoms with van der Waals surface area (Å²) in [6.07, 6.45) is 3.58. The summed E-state index contributed by atoms with van der Waals surface area (Å²) in [6, 6.07) is 17.4. The summed E-state index contributed by atoms with van der Waals surface area (Å²) in [5, 5.41) is 9.84. The highest BCUT2D eigenvalue weighted by Crippen LogP contribution is 2.34. The largest absolute Gasteiger partial charge is 0.459 e. The van der Waals surface area contributed by atoms with Gasteiger partial charge in [-0.3, -0.25) is 19.3 Å². The van der Waals surface area contributed by atoms with Gasteiger partial charge in [0.25, 0.3) is 11.1 Å². The van der Waals surface area contributed by atoms with Gasteiger partial charge in [-0.05, 0) is 56.3 Å². The molecule has 1 aliphatic rings. The van der Waals surface area contributed by atoms with Crippen LogP contribution in [0.25, 0.3) is 17.0 Å². The molecule has 7 nitrogen and oxygen atoms in total. The average Bonchev–Trinajstić information content (AvgIpc) is 3.25. The minimum absolute atomic E-state index is 0.244. The molecule has 0 N–H and O–H groups in total. The average molecular weight is 474 g/mol. The second-order valence-electron chi connectivity index (χ2n) is 8.85. The van der Waals surface area contributed by atoms with Crippen LogP contribution < -0.4 is 0 Å². The standard InChI is InChI=1S/C26H23N3O4S/c1-26(2,3)33-23(30)16-29-24(31)22(34-25(29)32)12-19-15-28(21-11-7-6-10-20(19)21)14-18-9-5-4-8-17(18)13-27/h4-12,15H,14,16H2,1-3H3. The Morgan fingerprint density at radius 3 is 2.56 bits per heavy atom. The van der Waals surface area contributed by atoms with Crippen LogP contribution in [-0.4, -0.2) is 38.7 Å². The third-order valence-electron chi connectivity index (χ3n) is 5.17. The highest BCUT2D eigenvalue weighted by Gasteiger charge is 2.37. The molecule has 3 aromatic rings. The summed E-state index contributed by atoms with van der Waals surface area (Å²) in [5.41, 5.74) is 2.49. The van der Waals surface area contributed by atoms with Gasteiger partial charge in [-0.15, -0.1) is 0 Å². The van der Waals surface area contributed by atoms with E-state index in [0.717, 1.165) is 38.7 Å². The van der Waals surface area contributed by atoms with E-state index in [-0.39, 0.29) is 4.91 Å². The molecule has 1 saturated heterocycles. The van der Waals surface area contributed by atoms with E-state index in [1.807, 2.05) is 53.2 Å². The summed E-state index contributed by atoms with van der Waals surface area (Å²) in [6.45, 7) is 5.24. The van der Waals surface area contributed by atoms with Gasteiger partial charge in [-0.2, -0.15) is 5.26 Å². The van der Waals surface area contributed by atoms with Crippen molar-refractivity contribution in [2.45, 2.75) is 32.9 Å². The number of benzene rings is 2. The van der Waals surface area contributed by atoms with Gasteiger partial charge in [0.2, 0.25) is 0 Å². The van der Waals surface area contributed by atoms with Gasteiger partial charge in [0.15, 0.2) is 0 Å². The Morgan fingerprint density at radius 2 is 1.82 bits per heavy atom. The van der Waals surface area contributed by atoms with E-state index in [2.05, 4.69) is 6.07 Å². The minimum Gasteiger partial charge on any atom is -0.459 e. The number of hydrogen-bond acceptors (Lipinski definition) is 6. The van der Waals surface area contributed by atoms with Crippen LogP contribution in [0, 0.1) is 11.3 Å². The van der Waals surface area contributed by atoms with Crippen molar-refractivity contribution < 1.29 is 19.1 Å². The topological polar surface area (TPSA) is 92.4 Å². The lowest BCUT2D eigenvalue weighted by molar-refractivity contribution is -0.156. The molecule has 0 atom stereocenters. The van der Waals surface area contributed by atoms with Gasteiger partial charge < -0.3 is 9.30 Å². The fraction of sp³-hybridized carbons (Fsp3) is 0.231. The Kier molecular flexibility index (Phi) is 6.31. The number of rotatable bonds is 5. The molecular formula is C26H23N3O4S. The normalized spacial score (nSPS) is 15.2. The molecule has 1 aliphatic heterocycles. The van der Waals surface area contributed by atoms with Crippen LogP contribution in [0.2, 0.25) is 0 Å². The molecule has 34 heavy (non-hydrogen) atoms. The molecule has 2 aromatic carbocycles. The number of hydrogen-bond donors (Lipinski definition) is 0. The first-order valence-corrected chi connectivity index (χ1v) is 11.5. The number of nitrogens with zero attached hydrogens (tertiary/aromatic N) is 3. The monoisotopic (exact) mass is 473 g/mol. The predicted molar refractivity (Wildman–Crippen MR) is 131 cm³/mol. The molecule has 0 bridgehead atoms. The van der Waals surface area contributed by atoms with Crippen molar-refractivity contribution in [2.75, 3.05) is 6.54 Å². The van der Waals surface area contributed by atoms with E-state index >= 15 is 0 Å². The smallest absolute Gasteiger partial charge is 0.326 e. The van der Waals surface area contributed by atoms with Crippen LogP contribution in [-0.2, 0) is 20.9 Å². The summed E-state index contributed by atoms with van der Waals surface area (Å²) in [5.74, 6) is -1.16. The zero-order valence-corrected chi connectivity index (χ0v) is 19.9. The minimum atomic E-state index is -0.708. The highest BCUT2D eigenvalue weighted by atomic mass is 32.2. The third-order valence-corrected chi connectivity index (χ3v) is 6.07. The number of nitriles is 1. The Labute approximate surface area is 201 Å². The molecule has 172 valence electrons. The van der Waals surface area contributed by atoms with E-state index in [1.165, 1.54) is 0 Å². The first-order chi connectivity index (χ1) is 16.2. The number of carbonyl (C=O) groups excluding carboxylic acids is 3. The molecule has 0 aliphatic carbocycles. The maximum atomic E-state index is 12.9. The second kappa shape index (κ2) is 9.20. The molecule has 0 saturated carbocycles. The van der Waals surface area contributed by atoms with Gasteiger partial charge in [-0.1, -0.05) is 36.4 Å². The van der Waals surface area contributed by atoms with E-state index in [0.29, 0.717) is 12.1 Å². The maximum Gasteiger partial charge on any atom is 0.326 e. The molecule has 2 amide bonds. The van der Waals surface area contributed by atoms with Crippen molar-refractivity contribution in [1.82, 2.24) is 9.47 Å². The molecular weight excluding hydrogens is 450 g/mol. The quantitative estimate of drug-likeness (QED) is 0.385. The molecule has 4 rings (SSSR count). The Bertz CT molecular complexity index is 1370. The van der Waals surface area contributed by atoms with Gasteiger partial charge in [0.05, 0.1) is 16.5 Å². The lowest BCUT2D eigenvalue weighted by Gasteiger charge is -2.21. The van der Waals surface area contributed by atoms with Crippen molar-refractivity contribution in [1.29, 1.82) is 5.26 Å². The van der Waals surface area contributed by atoms with Crippen molar-refractivity contribution in [3.63, 3.8) is 0 Å². The number of esters is 1. The first-order valence-electron chi connectivity index (χ1n) is 10.7. The Hall–Kier alpha value is -3.83. The second-order valence-corrected chi connectivity index (χ2v) is 9.85. The molecule has 1 fully saturated rings. The number of imide groups is 1.